The Morgan fingerprint density at radius 1 is 1.25 bits per heavy atom. The molecule has 0 saturated heterocycles. The Kier molecular flexibility index (Phi) is 5.93. The minimum Gasteiger partial charge on any atom is -0.335 e. The van der Waals surface area contributed by atoms with Gasteiger partial charge in [-0.2, -0.15) is 0 Å². The van der Waals surface area contributed by atoms with Crippen LogP contribution in [-0.2, 0) is 14.9 Å². The first-order chi connectivity index (χ1) is 9.36. The van der Waals surface area contributed by atoms with Crippen molar-refractivity contribution in [2.75, 3.05) is 20.2 Å². The molecule has 0 atom stereocenters. The lowest BCUT2D eigenvalue weighted by atomic mass is 10.2. The number of hydrogen-bond donors (Lipinski definition) is 3. The summed E-state index contributed by atoms with van der Waals surface area (Å²) < 4.78 is 26.7. The zero-order valence-electron chi connectivity index (χ0n) is 11.7. The van der Waals surface area contributed by atoms with E-state index in [-0.39, 0.29) is 18.0 Å². The number of benzene rings is 1. The van der Waals surface area contributed by atoms with Crippen molar-refractivity contribution in [3.8, 4) is 0 Å². The van der Waals surface area contributed by atoms with Crippen molar-refractivity contribution in [2.24, 2.45) is 0 Å². The molecule has 0 unspecified atom stereocenters. The highest BCUT2D eigenvalue weighted by atomic mass is 32.2. The SMILES string of the molecule is CONC(=O)NCCNS(=O)(=O)c1cc(C)ccc1C. The van der Waals surface area contributed by atoms with Crippen LogP contribution in [0.15, 0.2) is 23.1 Å². The fourth-order valence-electron chi connectivity index (χ4n) is 1.56. The first-order valence-corrected chi connectivity index (χ1v) is 7.49. The van der Waals surface area contributed by atoms with Gasteiger partial charge in [0, 0.05) is 13.1 Å². The predicted molar refractivity (Wildman–Crippen MR) is 74.6 cm³/mol. The second-order valence-electron chi connectivity index (χ2n) is 4.23. The van der Waals surface area contributed by atoms with Crippen LogP contribution in [0.4, 0.5) is 4.79 Å². The van der Waals surface area contributed by atoms with Gasteiger partial charge in [0.15, 0.2) is 0 Å². The van der Waals surface area contributed by atoms with Crippen LogP contribution in [-0.4, -0.2) is 34.6 Å². The number of amides is 2. The van der Waals surface area contributed by atoms with Crippen molar-refractivity contribution >= 4 is 16.1 Å². The van der Waals surface area contributed by atoms with E-state index in [2.05, 4.69) is 20.4 Å². The number of rotatable bonds is 6. The summed E-state index contributed by atoms with van der Waals surface area (Å²) in [6, 6.07) is 4.69. The van der Waals surface area contributed by atoms with Gasteiger partial charge in [-0.1, -0.05) is 12.1 Å². The van der Waals surface area contributed by atoms with Gasteiger partial charge in [-0.05, 0) is 31.0 Å². The molecule has 8 heteroatoms. The summed E-state index contributed by atoms with van der Waals surface area (Å²) in [5.41, 5.74) is 3.61. The minimum absolute atomic E-state index is 0.0901. The van der Waals surface area contributed by atoms with E-state index in [0.29, 0.717) is 5.56 Å². The van der Waals surface area contributed by atoms with Gasteiger partial charge in [0.25, 0.3) is 0 Å². The maximum Gasteiger partial charge on any atom is 0.338 e. The molecule has 1 rings (SSSR count). The van der Waals surface area contributed by atoms with Gasteiger partial charge in [0.1, 0.15) is 0 Å². The second kappa shape index (κ2) is 7.22. The van der Waals surface area contributed by atoms with Crippen LogP contribution < -0.4 is 15.5 Å². The van der Waals surface area contributed by atoms with Gasteiger partial charge in [0.2, 0.25) is 10.0 Å². The maximum absolute atomic E-state index is 12.1. The normalized spacial score (nSPS) is 11.2. The lowest BCUT2D eigenvalue weighted by molar-refractivity contribution is 0.107. The third-order valence-corrected chi connectivity index (χ3v) is 4.13. The molecule has 7 nitrogen and oxygen atoms in total. The van der Waals surface area contributed by atoms with E-state index in [1.54, 1.807) is 19.1 Å². The van der Waals surface area contributed by atoms with E-state index >= 15 is 0 Å². The molecule has 0 aliphatic rings. The van der Waals surface area contributed by atoms with Crippen LogP contribution in [0.2, 0.25) is 0 Å². The molecule has 3 N–H and O–H groups in total. The molecule has 0 aliphatic heterocycles. The summed E-state index contributed by atoms with van der Waals surface area (Å²) in [5.74, 6) is 0. The van der Waals surface area contributed by atoms with Crippen molar-refractivity contribution in [3.63, 3.8) is 0 Å². The number of urea groups is 1. The number of nitrogens with one attached hydrogen (secondary N) is 3. The van der Waals surface area contributed by atoms with Crippen molar-refractivity contribution in [1.29, 1.82) is 0 Å². The molecule has 0 radical (unpaired) electrons. The molecular weight excluding hydrogens is 282 g/mol. The minimum atomic E-state index is -3.58. The number of hydroxylamine groups is 1. The lowest BCUT2D eigenvalue weighted by Crippen LogP contribution is -2.39. The molecule has 1 aromatic rings. The summed E-state index contributed by atoms with van der Waals surface area (Å²) in [6.07, 6.45) is 0. The van der Waals surface area contributed by atoms with E-state index in [4.69, 9.17) is 0 Å². The highest BCUT2D eigenvalue weighted by Crippen LogP contribution is 2.16. The van der Waals surface area contributed by atoms with Crippen LogP contribution in [0.1, 0.15) is 11.1 Å². The van der Waals surface area contributed by atoms with Gasteiger partial charge in [-0.3, -0.25) is 4.84 Å². The second-order valence-corrected chi connectivity index (χ2v) is 5.96. The third kappa shape index (κ3) is 4.80. The number of aryl methyl sites for hydroxylation is 2. The number of carbonyl (C=O) groups excluding carboxylic acids is 1. The van der Waals surface area contributed by atoms with Gasteiger partial charge < -0.3 is 5.32 Å². The van der Waals surface area contributed by atoms with E-state index in [1.165, 1.54) is 7.11 Å². The highest BCUT2D eigenvalue weighted by molar-refractivity contribution is 7.89. The Labute approximate surface area is 118 Å². The van der Waals surface area contributed by atoms with Crippen molar-refractivity contribution < 1.29 is 18.0 Å². The van der Waals surface area contributed by atoms with Crippen molar-refractivity contribution in [1.82, 2.24) is 15.5 Å². The van der Waals surface area contributed by atoms with Crippen LogP contribution in [0, 0.1) is 13.8 Å². The first kappa shape index (κ1) is 16.4. The predicted octanol–water partition coefficient (Wildman–Crippen LogP) is 0.442. The van der Waals surface area contributed by atoms with Crippen molar-refractivity contribution in [3.05, 3.63) is 29.3 Å². The standard InChI is InChI=1S/C12H19N3O4S/c1-9-4-5-10(2)11(8-9)20(17,18)14-7-6-13-12(16)15-19-3/h4-5,8,14H,6-7H2,1-3H3,(H2,13,15,16). The number of carbonyl (C=O) groups is 1. The Morgan fingerprint density at radius 3 is 2.60 bits per heavy atom. The molecule has 0 saturated carbocycles. The fourth-order valence-corrected chi connectivity index (χ4v) is 2.92. The van der Waals surface area contributed by atoms with Gasteiger partial charge >= 0.3 is 6.03 Å². The zero-order valence-corrected chi connectivity index (χ0v) is 12.5. The fraction of sp³-hybridized carbons (Fsp3) is 0.417. The topological polar surface area (TPSA) is 96.5 Å². The van der Waals surface area contributed by atoms with E-state index in [9.17, 15) is 13.2 Å². The number of sulfonamides is 1. The van der Waals surface area contributed by atoms with E-state index in [1.807, 2.05) is 13.0 Å². The summed E-state index contributed by atoms with van der Waals surface area (Å²) in [5, 5.41) is 2.43. The van der Waals surface area contributed by atoms with E-state index < -0.39 is 16.1 Å². The maximum atomic E-state index is 12.1. The molecule has 0 aromatic heterocycles. The quantitative estimate of drug-likeness (QED) is 0.525. The Hall–Kier alpha value is -1.64. The molecule has 0 heterocycles. The summed E-state index contributed by atoms with van der Waals surface area (Å²) >= 11 is 0. The summed E-state index contributed by atoms with van der Waals surface area (Å²) in [4.78, 5) is 15.7. The van der Waals surface area contributed by atoms with Crippen LogP contribution in [0.25, 0.3) is 0 Å². The van der Waals surface area contributed by atoms with Crippen molar-refractivity contribution in [2.45, 2.75) is 18.7 Å². The number of hydrogen-bond acceptors (Lipinski definition) is 4. The molecule has 0 spiro atoms. The smallest absolute Gasteiger partial charge is 0.335 e. The molecule has 1 aromatic carbocycles. The Balaban J connectivity index is 2.58. The van der Waals surface area contributed by atoms with Crippen LogP contribution in [0.5, 0.6) is 0 Å². The van der Waals surface area contributed by atoms with Gasteiger partial charge in [-0.25, -0.2) is 23.4 Å². The first-order valence-electron chi connectivity index (χ1n) is 6.00. The molecule has 0 fully saturated rings. The van der Waals surface area contributed by atoms with E-state index in [0.717, 1.165) is 5.56 Å². The zero-order chi connectivity index (χ0) is 15.2. The van der Waals surface area contributed by atoms with Gasteiger partial charge in [0.05, 0.1) is 12.0 Å². The monoisotopic (exact) mass is 301 g/mol. The molecule has 112 valence electrons. The summed E-state index contributed by atoms with van der Waals surface area (Å²) in [6.45, 7) is 3.81. The molecule has 0 bridgehead atoms. The van der Waals surface area contributed by atoms with Crippen LogP contribution in [0.3, 0.4) is 0 Å². The Morgan fingerprint density at radius 2 is 1.95 bits per heavy atom. The molecule has 2 amide bonds. The largest absolute Gasteiger partial charge is 0.338 e. The van der Waals surface area contributed by atoms with Gasteiger partial charge in [-0.15, -0.1) is 0 Å². The highest BCUT2D eigenvalue weighted by Gasteiger charge is 2.16. The molecular formula is C12H19N3O4S. The van der Waals surface area contributed by atoms with Crippen LogP contribution >= 0.6 is 0 Å². The average molecular weight is 301 g/mol. The average Bonchev–Trinajstić information content (AvgIpc) is 2.38. The summed E-state index contributed by atoms with van der Waals surface area (Å²) in [7, 11) is -2.27. The molecule has 0 aliphatic carbocycles. The lowest BCUT2D eigenvalue weighted by Gasteiger charge is -2.10. The molecule has 20 heavy (non-hydrogen) atoms. The Bertz CT molecular complexity index is 572. The third-order valence-electron chi connectivity index (χ3n) is 2.53.